The fourth-order valence-electron chi connectivity index (χ4n) is 4.40. The van der Waals surface area contributed by atoms with E-state index in [2.05, 4.69) is 10.2 Å². The maximum atomic E-state index is 12.9. The summed E-state index contributed by atoms with van der Waals surface area (Å²) in [5, 5.41) is 2.67. The van der Waals surface area contributed by atoms with Gasteiger partial charge in [-0.15, -0.1) is 0 Å². The number of aromatic nitrogens is 1. The molecule has 0 aliphatic carbocycles. The van der Waals surface area contributed by atoms with Gasteiger partial charge < -0.3 is 19.7 Å². The summed E-state index contributed by atoms with van der Waals surface area (Å²) >= 11 is 0. The van der Waals surface area contributed by atoms with E-state index in [4.69, 9.17) is 0 Å². The van der Waals surface area contributed by atoms with E-state index >= 15 is 0 Å². The first-order chi connectivity index (χ1) is 14.0. The molecule has 0 unspecified atom stereocenters. The van der Waals surface area contributed by atoms with Gasteiger partial charge in [-0.2, -0.15) is 0 Å². The van der Waals surface area contributed by atoms with Crippen molar-refractivity contribution < 1.29 is 9.59 Å². The average Bonchev–Trinajstić information content (AvgIpc) is 2.74. The van der Waals surface area contributed by atoms with Crippen LogP contribution in [0.3, 0.4) is 0 Å². The summed E-state index contributed by atoms with van der Waals surface area (Å²) in [5.41, 5.74) is 0.650. The minimum atomic E-state index is -0.314. The van der Waals surface area contributed by atoms with Crippen LogP contribution < -0.4 is 10.9 Å². The van der Waals surface area contributed by atoms with Gasteiger partial charge in [0.1, 0.15) is 12.2 Å². The second kappa shape index (κ2) is 10.1. The van der Waals surface area contributed by atoms with Gasteiger partial charge in [-0.05, 0) is 64.3 Å². The second-order valence-electron chi connectivity index (χ2n) is 8.29. The summed E-state index contributed by atoms with van der Waals surface area (Å²) < 4.78 is 1.47. The molecule has 0 bridgehead atoms. The number of aryl methyl sites for hydroxylation is 1. The molecule has 2 amide bonds. The molecule has 160 valence electrons. The molecule has 2 aliphatic heterocycles. The minimum absolute atomic E-state index is 0.0238. The molecule has 0 saturated carbocycles. The van der Waals surface area contributed by atoms with E-state index in [-0.39, 0.29) is 29.6 Å². The number of likely N-dealkylation sites (tertiary alicyclic amines) is 2. The summed E-state index contributed by atoms with van der Waals surface area (Å²) in [6.07, 6.45) is 7.01. The van der Waals surface area contributed by atoms with Crippen molar-refractivity contribution in [2.75, 3.05) is 31.5 Å². The third-order valence-electron chi connectivity index (χ3n) is 6.16. The zero-order valence-electron chi connectivity index (χ0n) is 17.8. The number of nitrogens with zero attached hydrogens (tertiary/aromatic N) is 3. The molecule has 0 aromatic carbocycles. The van der Waals surface area contributed by atoms with E-state index in [1.165, 1.54) is 36.9 Å². The third-order valence-corrected chi connectivity index (χ3v) is 6.16. The van der Waals surface area contributed by atoms with Gasteiger partial charge in [0.25, 0.3) is 5.56 Å². The largest absolute Gasteiger partial charge is 0.341 e. The first-order valence-corrected chi connectivity index (χ1v) is 11.0. The highest BCUT2D eigenvalue weighted by molar-refractivity contribution is 5.90. The number of anilines is 1. The molecule has 1 N–H and O–H groups in total. The Morgan fingerprint density at radius 2 is 1.76 bits per heavy atom. The lowest BCUT2D eigenvalue weighted by Gasteiger charge is -2.40. The third kappa shape index (κ3) is 5.47. The first-order valence-electron chi connectivity index (χ1n) is 11.0. The van der Waals surface area contributed by atoms with Crippen molar-refractivity contribution in [3.05, 3.63) is 28.2 Å². The van der Waals surface area contributed by atoms with Crippen LogP contribution in [0.5, 0.6) is 0 Å². The fraction of sp³-hybridized carbons (Fsp3) is 0.682. The molecule has 0 atom stereocenters. The van der Waals surface area contributed by atoms with Gasteiger partial charge in [-0.3, -0.25) is 14.4 Å². The number of amides is 2. The van der Waals surface area contributed by atoms with Crippen molar-refractivity contribution >= 4 is 17.5 Å². The maximum Gasteiger partial charge on any atom is 0.274 e. The Bertz CT molecular complexity index is 775. The molecule has 7 heteroatoms. The van der Waals surface area contributed by atoms with Gasteiger partial charge in [0.2, 0.25) is 11.8 Å². The van der Waals surface area contributed by atoms with Crippen LogP contribution in [-0.2, 0) is 16.1 Å². The molecule has 0 spiro atoms. The van der Waals surface area contributed by atoms with Gasteiger partial charge >= 0.3 is 0 Å². The van der Waals surface area contributed by atoms with Crippen molar-refractivity contribution in [2.24, 2.45) is 0 Å². The lowest BCUT2D eigenvalue weighted by atomic mass is 10.00. The molecular weight excluding hydrogens is 368 g/mol. The Kier molecular flexibility index (Phi) is 7.47. The summed E-state index contributed by atoms with van der Waals surface area (Å²) in [6, 6.07) is 3.98. The average molecular weight is 403 g/mol. The Morgan fingerprint density at radius 3 is 2.41 bits per heavy atom. The molecule has 7 nitrogen and oxygen atoms in total. The van der Waals surface area contributed by atoms with Crippen molar-refractivity contribution in [3.8, 4) is 0 Å². The zero-order valence-corrected chi connectivity index (χ0v) is 17.8. The molecule has 3 rings (SSSR count). The molecule has 29 heavy (non-hydrogen) atoms. The Hall–Kier alpha value is -2.15. The fourth-order valence-corrected chi connectivity index (χ4v) is 4.40. The lowest BCUT2D eigenvalue weighted by Crippen LogP contribution is -2.49. The standard InChI is InChI=1S/C22H34N4O3/c1-3-7-20(27)23-19-9-8-17(2)26(22(19)29)16-21(28)25-14-10-18(11-15-25)24-12-5-4-6-13-24/h8-9,18H,3-7,10-16H2,1-2H3,(H,23,27). The number of pyridine rings is 1. The van der Waals surface area contributed by atoms with Crippen LogP contribution in [-0.4, -0.2) is 58.4 Å². The second-order valence-corrected chi connectivity index (χ2v) is 8.29. The van der Waals surface area contributed by atoms with E-state index in [0.29, 0.717) is 12.5 Å². The van der Waals surface area contributed by atoms with E-state index in [1.807, 2.05) is 18.7 Å². The summed E-state index contributed by atoms with van der Waals surface area (Å²) in [7, 11) is 0. The monoisotopic (exact) mass is 402 g/mol. The van der Waals surface area contributed by atoms with E-state index in [0.717, 1.165) is 38.0 Å². The quantitative estimate of drug-likeness (QED) is 0.793. The molecular formula is C22H34N4O3. The summed E-state index contributed by atoms with van der Waals surface area (Å²) in [5.74, 6) is -0.199. The lowest BCUT2D eigenvalue weighted by molar-refractivity contribution is -0.133. The highest BCUT2D eigenvalue weighted by atomic mass is 16.2. The van der Waals surface area contributed by atoms with Crippen LogP contribution in [0.4, 0.5) is 5.69 Å². The van der Waals surface area contributed by atoms with Gasteiger partial charge in [-0.1, -0.05) is 13.3 Å². The van der Waals surface area contributed by atoms with Crippen molar-refractivity contribution in [3.63, 3.8) is 0 Å². The van der Waals surface area contributed by atoms with E-state index in [1.54, 1.807) is 12.1 Å². The predicted octanol–water partition coefficient (Wildman–Crippen LogP) is 2.37. The molecule has 2 saturated heterocycles. The molecule has 0 radical (unpaired) electrons. The van der Waals surface area contributed by atoms with Gasteiger partial charge in [-0.25, -0.2) is 0 Å². The molecule has 1 aromatic rings. The summed E-state index contributed by atoms with van der Waals surface area (Å²) in [4.78, 5) is 42.0. The Morgan fingerprint density at radius 1 is 1.07 bits per heavy atom. The van der Waals surface area contributed by atoms with Crippen molar-refractivity contribution in [1.29, 1.82) is 0 Å². The SMILES string of the molecule is CCCC(=O)Nc1ccc(C)n(CC(=O)N2CCC(N3CCCCC3)CC2)c1=O. The maximum absolute atomic E-state index is 12.9. The van der Waals surface area contributed by atoms with Crippen LogP contribution in [0.2, 0.25) is 0 Å². The zero-order chi connectivity index (χ0) is 20.8. The predicted molar refractivity (Wildman–Crippen MR) is 114 cm³/mol. The Labute approximate surface area is 173 Å². The smallest absolute Gasteiger partial charge is 0.274 e. The van der Waals surface area contributed by atoms with E-state index < -0.39 is 0 Å². The molecule has 3 heterocycles. The molecule has 2 aliphatic rings. The minimum Gasteiger partial charge on any atom is -0.341 e. The van der Waals surface area contributed by atoms with E-state index in [9.17, 15) is 14.4 Å². The van der Waals surface area contributed by atoms with Crippen LogP contribution >= 0.6 is 0 Å². The van der Waals surface area contributed by atoms with Crippen LogP contribution in [0.15, 0.2) is 16.9 Å². The molecule has 1 aromatic heterocycles. The van der Waals surface area contributed by atoms with Gasteiger partial charge in [0.05, 0.1) is 0 Å². The number of hydrogen-bond acceptors (Lipinski definition) is 4. The highest BCUT2D eigenvalue weighted by Gasteiger charge is 2.28. The first kappa shape index (κ1) is 21.6. The van der Waals surface area contributed by atoms with Gasteiger partial charge in [0.15, 0.2) is 0 Å². The van der Waals surface area contributed by atoms with Crippen molar-refractivity contribution in [1.82, 2.24) is 14.4 Å². The normalized spacial score (nSPS) is 18.6. The van der Waals surface area contributed by atoms with Crippen LogP contribution in [0.25, 0.3) is 0 Å². The Balaban J connectivity index is 1.60. The highest BCUT2D eigenvalue weighted by Crippen LogP contribution is 2.21. The number of carbonyl (C=O) groups excluding carboxylic acids is 2. The van der Waals surface area contributed by atoms with Crippen LogP contribution in [0, 0.1) is 6.92 Å². The number of nitrogens with one attached hydrogen (secondary N) is 1. The number of hydrogen-bond donors (Lipinski definition) is 1. The number of carbonyl (C=O) groups is 2. The number of piperidine rings is 2. The van der Waals surface area contributed by atoms with Crippen LogP contribution in [0.1, 0.15) is 57.6 Å². The van der Waals surface area contributed by atoms with Gasteiger partial charge in [0, 0.05) is 31.2 Å². The summed E-state index contributed by atoms with van der Waals surface area (Å²) in [6.45, 7) is 7.63. The van der Waals surface area contributed by atoms with Crippen molar-refractivity contribution in [2.45, 2.75) is 71.4 Å². The molecule has 2 fully saturated rings. The topological polar surface area (TPSA) is 74.7 Å². The number of rotatable bonds is 6.